The summed E-state index contributed by atoms with van der Waals surface area (Å²) in [6.45, 7) is 10.1. The van der Waals surface area contributed by atoms with Crippen molar-refractivity contribution in [2.75, 3.05) is 39.9 Å². The largest absolute Gasteiger partial charge is 0.383 e. The van der Waals surface area contributed by atoms with E-state index in [1.807, 2.05) is 11.3 Å². The topological polar surface area (TPSA) is 48.9 Å². The Morgan fingerprint density at radius 3 is 3.12 bits per heavy atom. The van der Waals surface area contributed by atoms with Crippen LogP contribution in [0.5, 0.6) is 0 Å². The quantitative estimate of drug-likeness (QED) is 0.558. The van der Waals surface area contributed by atoms with Crippen molar-refractivity contribution in [1.29, 1.82) is 0 Å². The fourth-order valence-corrected chi connectivity index (χ4v) is 3.88. The van der Waals surface area contributed by atoms with Crippen LogP contribution in [-0.2, 0) is 11.3 Å². The van der Waals surface area contributed by atoms with Crippen LogP contribution in [0.15, 0.2) is 22.5 Å². The minimum atomic E-state index is 0.259. The van der Waals surface area contributed by atoms with Crippen LogP contribution in [0.25, 0.3) is 0 Å². The van der Waals surface area contributed by atoms with Crippen LogP contribution in [0, 0.1) is 5.92 Å². The molecule has 6 heteroatoms. The van der Waals surface area contributed by atoms with Gasteiger partial charge in [0, 0.05) is 44.2 Å². The third kappa shape index (κ3) is 6.79. The second kappa shape index (κ2) is 10.7. The zero-order valence-electron chi connectivity index (χ0n) is 15.3. The maximum atomic E-state index is 5.19. The number of nitrogens with one attached hydrogen (secondary N) is 2. The summed E-state index contributed by atoms with van der Waals surface area (Å²) in [6, 6.07) is 4.63. The molecule has 0 aromatic carbocycles. The van der Waals surface area contributed by atoms with Gasteiger partial charge in [-0.2, -0.15) is 0 Å². The molecule has 1 fully saturated rings. The van der Waals surface area contributed by atoms with E-state index in [1.165, 1.54) is 24.3 Å². The molecule has 2 atom stereocenters. The number of ether oxygens (including phenoxy) is 1. The summed E-state index contributed by atoms with van der Waals surface area (Å²) in [5, 5.41) is 8.90. The Kier molecular flexibility index (Phi) is 8.56. The van der Waals surface area contributed by atoms with E-state index < -0.39 is 0 Å². The number of piperidine rings is 1. The third-order valence-corrected chi connectivity index (χ3v) is 5.08. The molecule has 1 aromatic heterocycles. The fraction of sp³-hybridized carbons (Fsp3) is 0.722. The van der Waals surface area contributed by atoms with Gasteiger partial charge in [0.25, 0.3) is 0 Å². The molecule has 136 valence electrons. The van der Waals surface area contributed by atoms with Crippen LogP contribution in [0.1, 0.15) is 31.6 Å². The van der Waals surface area contributed by atoms with Gasteiger partial charge in [0.2, 0.25) is 0 Å². The minimum absolute atomic E-state index is 0.259. The molecule has 2 rings (SSSR count). The highest BCUT2D eigenvalue weighted by Crippen LogP contribution is 2.20. The molecule has 0 radical (unpaired) electrons. The Labute approximate surface area is 150 Å². The van der Waals surface area contributed by atoms with E-state index in [-0.39, 0.29) is 6.04 Å². The number of nitrogens with zero attached hydrogens (tertiary/aromatic N) is 2. The fourth-order valence-electron chi connectivity index (χ4n) is 3.13. The zero-order chi connectivity index (χ0) is 17.2. The van der Waals surface area contributed by atoms with Gasteiger partial charge in [-0.25, -0.2) is 0 Å². The maximum Gasteiger partial charge on any atom is 0.191 e. The smallest absolute Gasteiger partial charge is 0.191 e. The van der Waals surface area contributed by atoms with Crippen molar-refractivity contribution in [2.45, 2.75) is 39.3 Å². The Balaban J connectivity index is 1.82. The summed E-state index contributed by atoms with van der Waals surface area (Å²) >= 11 is 1.85. The third-order valence-electron chi connectivity index (χ3n) is 4.21. The number of aliphatic imine (C=N–C) groups is 1. The molecule has 1 aromatic rings. The first-order chi connectivity index (χ1) is 11.7. The van der Waals surface area contributed by atoms with Gasteiger partial charge < -0.3 is 15.4 Å². The molecule has 0 aliphatic carbocycles. The van der Waals surface area contributed by atoms with Gasteiger partial charge in [0.05, 0.1) is 6.61 Å². The number of likely N-dealkylation sites (tertiary alicyclic amines) is 1. The molecule has 5 nitrogen and oxygen atoms in total. The van der Waals surface area contributed by atoms with E-state index >= 15 is 0 Å². The second-order valence-corrected chi connectivity index (χ2v) is 7.58. The lowest BCUT2D eigenvalue weighted by Gasteiger charge is -2.31. The van der Waals surface area contributed by atoms with Crippen LogP contribution < -0.4 is 10.6 Å². The van der Waals surface area contributed by atoms with Crippen molar-refractivity contribution in [1.82, 2.24) is 15.5 Å². The lowest BCUT2D eigenvalue weighted by Crippen LogP contribution is -2.44. The first-order valence-electron chi connectivity index (χ1n) is 8.99. The van der Waals surface area contributed by atoms with E-state index in [2.05, 4.69) is 46.9 Å². The van der Waals surface area contributed by atoms with E-state index in [9.17, 15) is 0 Å². The molecule has 2 unspecified atom stereocenters. The van der Waals surface area contributed by atoms with Crippen molar-refractivity contribution >= 4 is 17.3 Å². The molecule has 1 aliphatic heterocycles. The van der Waals surface area contributed by atoms with E-state index in [4.69, 9.17) is 9.73 Å². The highest BCUT2D eigenvalue weighted by molar-refractivity contribution is 7.09. The van der Waals surface area contributed by atoms with E-state index in [0.29, 0.717) is 12.5 Å². The van der Waals surface area contributed by atoms with Gasteiger partial charge in [-0.1, -0.05) is 6.07 Å². The SMILES string of the molecule is CCNC(=NCC1CCCN(Cc2cccs2)C1)NC(C)COC. The Morgan fingerprint density at radius 1 is 1.54 bits per heavy atom. The normalized spacial score (nSPS) is 20.8. The number of hydrogen-bond donors (Lipinski definition) is 2. The monoisotopic (exact) mass is 352 g/mol. The van der Waals surface area contributed by atoms with Crippen molar-refractivity contribution in [3.63, 3.8) is 0 Å². The molecule has 0 amide bonds. The maximum absolute atomic E-state index is 5.19. The summed E-state index contributed by atoms with van der Waals surface area (Å²) in [6.07, 6.45) is 2.55. The standard InChI is InChI=1S/C18H32N4OS/c1-4-19-18(21-15(2)14-23-3)20-11-16-7-5-9-22(12-16)13-17-8-6-10-24-17/h6,8,10,15-16H,4-5,7,9,11-14H2,1-3H3,(H2,19,20,21). The van der Waals surface area contributed by atoms with Crippen LogP contribution in [0.3, 0.4) is 0 Å². The zero-order valence-corrected chi connectivity index (χ0v) is 16.1. The van der Waals surface area contributed by atoms with Gasteiger partial charge in [0.15, 0.2) is 5.96 Å². The molecule has 1 saturated heterocycles. The molecule has 0 saturated carbocycles. The number of methoxy groups -OCH3 is 1. The van der Waals surface area contributed by atoms with Gasteiger partial charge >= 0.3 is 0 Å². The molecule has 2 N–H and O–H groups in total. The van der Waals surface area contributed by atoms with Gasteiger partial charge in [-0.15, -0.1) is 11.3 Å². The van der Waals surface area contributed by atoms with Gasteiger partial charge in [0.1, 0.15) is 0 Å². The van der Waals surface area contributed by atoms with Crippen LogP contribution in [0.4, 0.5) is 0 Å². The molecular weight excluding hydrogens is 320 g/mol. The summed E-state index contributed by atoms with van der Waals surface area (Å²) in [5.41, 5.74) is 0. The van der Waals surface area contributed by atoms with Gasteiger partial charge in [-0.3, -0.25) is 9.89 Å². The van der Waals surface area contributed by atoms with E-state index in [0.717, 1.165) is 32.1 Å². The van der Waals surface area contributed by atoms with Crippen molar-refractivity contribution in [2.24, 2.45) is 10.9 Å². The Bertz CT molecular complexity index is 477. The van der Waals surface area contributed by atoms with Crippen molar-refractivity contribution < 1.29 is 4.74 Å². The van der Waals surface area contributed by atoms with Crippen molar-refractivity contribution in [3.05, 3.63) is 22.4 Å². The van der Waals surface area contributed by atoms with Crippen LogP contribution in [0.2, 0.25) is 0 Å². The van der Waals surface area contributed by atoms with Crippen LogP contribution >= 0.6 is 11.3 Å². The number of guanidine groups is 1. The lowest BCUT2D eigenvalue weighted by molar-refractivity contribution is 0.172. The lowest BCUT2D eigenvalue weighted by atomic mass is 9.98. The summed E-state index contributed by atoms with van der Waals surface area (Å²) in [7, 11) is 1.73. The second-order valence-electron chi connectivity index (χ2n) is 6.54. The highest BCUT2D eigenvalue weighted by Gasteiger charge is 2.20. The Morgan fingerprint density at radius 2 is 2.42 bits per heavy atom. The van der Waals surface area contributed by atoms with E-state index in [1.54, 1.807) is 7.11 Å². The van der Waals surface area contributed by atoms with Gasteiger partial charge in [-0.05, 0) is 50.6 Å². The molecule has 0 spiro atoms. The minimum Gasteiger partial charge on any atom is -0.383 e. The number of thiophene rings is 1. The summed E-state index contributed by atoms with van der Waals surface area (Å²) < 4.78 is 5.19. The average molecular weight is 353 g/mol. The molecular formula is C18H32N4OS. The van der Waals surface area contributed by atoms with Crippen LogP contribution in [-0.4, -0.2) is 56.8 Å². The molecule has 0 bridgehead atoms. The average Bonchev–Trinajstić information content (AvgIpc) is 3.06. The first-order valence-corrected chi connectivity index (χ1v) is 9.87. The summed E-state index contributed by atoms with van der Waals surface area (Å²) in [5.74, 6) is 1.55. The number of rotatable bonds is 8. The van der Waals surface area contributed by atoms with Crippen molar-refractivity contribution in [3.8, 4) is 0 Å². The predicted octanol–water partition coefficient (Wildman–Crippen LogP) is 2.55. The molecule has 1 aliphatic rings. The first kappa shape index (κ1) is 19.2. The summed E-state index contributed by atoms with van der Waals surface area (Å²) in [4.78, 5) is 8.84. The molecule has 24 heavy (non-hydrogen) atoms. The Hall–Kier alpha value is -1.11. The molecule has 2 heterocycles. The predicted molar refractivity (Wildman–Crippen MR) is 103 cm³/mol. The number of hydrogen-bond acceptors (Lipinski definition) is 4. The highest BCUT2D eigenvalue weighted by atomic mass is 32.1.